The van der Waals surface area contributed by atoms with E-state index >= 15 is 0 Å². The van der Waals surface area contributed by atoms with Crippen LogP contribution >= 0.6 is 0 Å². The first-order valence-electron chi connectivity index (χ1n) is 6.02. The number of benzene rings is 2. The van der Waals surface area contributed by atoms with Crippen LogP contribution in [0.2, 0.25) is 0 Å². The molecule has 0 aliphatic rings. The van der Waals surface area contributed by atoms with E-state index in [2.05, 4.69) is 4.74 Å². The summed E-state index contributed by atoms with van der Waals surface area (Å²) in [5.74, 6) is -1.96. The SMILES string of the molecule is COC(=O)c1ccc(CS(=O)c2cccc(F)c2)cc1F. The van der Waals surface area contributed by atoms with E-state index in [1.165, 1.54) is 30.3 Å². The molecule has 2 aromatic carbocycles. The Balaban J connectivity index is 2.19. The molecule has 21 heavy (non-hydrogen) atoms. The van der Waals surface area contributed by atoms with Gasteiger partial charge in [0, 0.05) is 4.90 Å². The zero-order valence-corrected chi connectivity index (χ0v) is 12.0. The van der Waals surface area contributed by atoms with Gasteiger partial charge >= 0.3 is 5.97 Å². The number of methoxy groups -OCH3 is 1. The molecule has 0 saturated carbocycles. The normalized spacial score (nSPS) is 12.0. The summed E-state index contributed by atoms with van der Waals surface area (Å²) in [6, 6.07) is 9.33. The average molecular weight is 310 g/mol. The van der Waals surface area contributed by atoms with Crippen molar-refractivity contribution in [3.8, 4) is 0 Å². The van der Waals surface area contributed by atoms with Gasteiger partial charge in [-0.2, -0.15) is 0 Å². The predicted molar refractivity (Wildman–Crippen MR) is 74.3 cm³/mol. The van der Waals surface area contributed by atoms with E-state index in [0.717, 1.165) is 13.2 Å². The molecule has 0 aliphatic carbocycles. The van der Waals surface area contributed by atoms with Crippen LogP contribution < -0.4 is 0 Å². The Kier molecular flexibility index (Phi) is 4.80. The molecule has 0 fully saturated rings. The molecule has 0 saturated heterocycles. The highest BCUT2D eigenvalue weighted by Crippen LogP contribution is 2.17. The molecular formula is C15H12F2O3S. The van der Waals surface area contributed by atoms with Crippen LogP contribution in [0.25, 0.3) is 0 Å². The maximum absolute atomic E-state index is 13.7. The lowest BCUT2D eigenvalue weighted by Crippen LogP contribution is -2.05. The highest BCUT2D eigenvalue weighted by Gasteiger charge is 2.14. The molecular weight excluding hydrogens is 298 g/mol. The lowest BCUT2D eigenvalue weighted by atomic mass is 10.1. The molecule has 1 unspecified atom stereocenters. The Morgan fingerprint density at radius 3 is 2.57 bits per heavy atom. The number of hydrogen-bond acceptors (Lipinski definition) is 3. The fraction of sp³-hybridized carbons (Fsp3) is 0.133. The summed E-state index contributed by atoms with van der Waals surface area (Å²) >= 11 is 0. The molecule has 0 bridgehead atoms. The number of esters is 1. The Hall–Kier alpha value is -2.08. The van der Waals surface area contributed by atoms with Crippen molar-refractivity contribution in [2.45, 2.75) is 10.6 Å². The van der Waals surface area contributed by atoms with Crippen molar-refractivity contribution >= 4 is 16.8 Å². The second-order valence-corrected chi connectivity index (χ2v) is 5.70. The molecule has 6 heteroatoms. The third-order valence-corrected chi connectivity index (χ3v) is 4.17. The molecule has 0 heterocycles. The van der Waals surface area contributed by atoms with Crippen molar-refractivity contribution in [3.05, 3.63) is 65.2 Å². The van der Waals surface area contributed by atoms with E-state index in [1.54, 1.807) is 6.07 Å². The lowest BCUT2D eigenvalue weighted by molar-refractivity contribution is 0.0595. The Bertz CT molecular complexity index is 701. The van der Waals surface area contributed by atoms with E-state index < -0.39 is 28.4 Å². The van der Waals surface area contributed by atoms with Gasteiger partial charge in [0.25, 0.3) is 0 Å². The van der Waals surface area contributed by atoms with Gasteiger partial charge in [0.1, 0.15) is 11.6 Å². The first-order valence-corrected chi connectivity index (χ1v) is 7.34. The average Bonchev–Trinajstić information content (AvgIpc) is 2.46. The van der Waals surface area contributed by atoms with Crippen molar-refractivity contribution in [3.63, 3.8) is 0 Å². The predicted octanol–water partition coefficient (Wildman–Crippen LogP) is 3.06. The minimum atomic E-state index is -1.49. The molecule has 0 radical (unpaired) electrons. The largest absolute Gasteiger partial charge is 0.465 e. The highest BCUT2D eigenvalue weighted by atomic mass is 32.2. The van der Waals surface area contributed by atoms with Crippen LogP contribution in [0.3, 0.4) is 0 Å². The third kappa shape index (κ3) is 3.72. The van der Waals surface area contributed by atoms with Crippen LogP contribution in [-0.4, -0.2) is 17.3 Å². The fourth-order valence-corrected chi connectivity index (χ4v) is 2.89. The second-order valence-electron chi connectivity index (χ2n) is 4.25. The van der Waals surface area contributed by atoms with E-state index in [4.69, 9.17) is 0 Å². The summed E-state index contributed by atoms with van der Waals surface area (Å²) in [5.41, 5.74) is 0.264. The van der Waals surface area contributed by atoms with E-state index in [0.29, 0.717) is 10.5 Å². The quantitative estimate of drug-likeness (QED) is 0.815. The van der Waals surface area contributed by atoms with Gasteiger partial charge in [0.2, 0.25) is 0 Å². The van der Waals surface area contributed by atoms with Crippen molar-refractivity contribution < 1.29 is 22.5 Å². The fourth-order valence-electron chi connectivity index (χ4n) is 1.77. The van der Waals surface area contributed by atoms with Crippen LogP contribution in [0.1, 0.15) is 15.9 Å². The van der Waals surface area contributed by atoms with Crippen LogP contribution in [0, 0.1) is 11.6 Å². The molecule has 2 rings (SSSR count). The van der Waals surface area contributed by atoms with Gasteiger partial charge in [0.05, 0.1) is 29.2 Å². The zero-order chi connectivity index (χ0) is 15.4. The van der Waals surface area contributed by atoms with Gasteiger partial charge in [-0.3, -0.25) is 4.21 Å². The number of ether oxygens (including phenoxy) is 1. The maximum atomic E-state index is 13.7. The standard InChI is InChI=1S/C15H12F2O3S/c1-20-15(18)13-6-5-10(7-14(13)17)9-21(19)12-4-2-3-11(16)8-12/h2-8H,9H2,1H3. The summed E-state index contributed by atoms with van der Waals surface area (Å²) in [7, 11) is -0.333. The van der Waals surface area contributed by atoms with E-state index in [9.17, 15) is 17.8 Å². The Labute approximate surface area is 123 Å². The van der Waals surface area contributed by atoms with Crippen LogP contribution in [0.15, 0.2) is 47.4 Å². The van der Waals surface area contributed by atoms with Crippen LogP contribution in [0.4, 0.5) is 8.78 Å². The second kappa shape index (κ2) is 6.58. The third-order valence-electron chi connectivity index (χ3n) is 2.80. The Morgan fingerprint density at radius 2 is 1.95 bits per heavy atom. The molecule has 110 valence electrons. The number of carbonyl (C=O) groups is 1. The van der Waals surface area contributed by atoms with Gasteiger partial charge in [-0.15, -0.1) is 0 Å². The minimum absolute atomic E-state index is 0.0296. The molecule has 0 amide bonds. The molecule has 0 spiro atoms. The van der Waals surface area contributed by atoms with E-state index in [1.807, 2.05) is 0 Å². The van der Waals surface area contributed by atoms with Gasteiger partial charge < -0.3 is 4.74 Å². The molecule has 0 N–H and O–H groups in total. The highest BCUT2D eigenvalue weighted by molar-refractivity contribution is 7.84. The molecule has 1 atom stereocenters. The van der Waals surface area contributed by atoms with Gasteiger partial charge in [-0.25, -0.2) is 13.6 Å². The van der Waals surface area contributed by atoms with Crippen molar-refractivity contribution in [1.29, 1.82) is 0 Å². The minimum Gasteiger partial charge on any atom is -0.465 e. The van der Waals surface area contributed by atoms with Crippen molar-refractivity contribution in [2.75, 3.05) is 7.11 Å². The monoisotopic (exact) mass is 310 g/mol. The zero-order valence-electron chi connectivity index (χ0n) is 11.1. The molecule has 3 nitrogen and oxygen atoms in total. The van der Waals surface area contributed by atoms with Crippen molar-refractivity contribution in [2.24, 2.45) is 0 Å². The topological polar surface area (TPSA) is 43.4 Å². The van der Waals surface area contributed by atoms with Crippen LogP contribution in [0.5, 0.6) is 0 Å². The summed E-state index contributed by atoms with van der Waals surface area (Å²) in [6.07, 6.45) is 0. The summed E-state index contributed by atoms with van der Waals surface area (Å²) in [4.78, 5) is 11.6. The first kappa shape index (κ1) is 15.3. The molecule has 2 aromatic rings. The summed E-state index contributed by atoms with van der Waals surface area (Å²) < 4.78 is 43.3. The summed E-state index contributed by atoms with van der Waals surface area (Å²) in [6.45, 7) is 0. The first-order chi connectivity index (χ1) is 10.0. The van der Waals surface area contributed by atoms with Gasteiger partial charge in [0.15, 0.2) is 0 Å². The van der Waals surface area contributed by atoms with Crippen molar-refractivity contribution in [1.82, 2.24) is 0 Å². The number of rotatable bonds is 4. The Morgan fingerprint density at radius 1 is 1.19 bits per heavy atom. The molecule has 0 aliphatic heterocycles. The van der Waals surface area contributed by atoms with Gasteiger partial charge in [-0.05, 0) is 35.9 Å². The van der Waals surface area contributed by atoms with Crippen LogP contribution in [-0.2, 0) is 21.3 Å². The maximum Gasteiger partial charge on any atom is 0.340 e. The number of hydrogen-bond donors (Lipinski definition) is 0. The molecule has 0 aromatic heterocycles. The van der Waals surface area contributed by atoms with E-state index in [-0.39, 0.29) is 11.3 Å². The number of halogens is 2. The number of carbonyl (C=O) groups excluding carboxylic acids is 1. The smallest absolute Gasteiger partial charge is 0.340 e. The summed E-state index contributed by atoms with van der Waals surface area (Å²) in [5, 5.41) is 0. The lowest BCUT2D eigenvalue weighted by Gasteiger charge is -2.05. The van der Waals surface area contributed by atoms with Gasteiger partial charge in [-0.1, -0.05) is 12.1 Å².